The summed E-state index contributed by atoms with van der Waals surface area (Å²) in [7, 11) is 3.83. The maximum absolute atomic E-state index is 4.62. The van der Waals surface area contributed by atoms with Crippen LogP contribution in [0.4, 0.5) is 0 Å². The number of guanidine groups is 1. The summed E-state index contributed by atoms with van der Waals surface area (Å²) in [6.07, 6.45) is 1.94. The molecule has 0 aliphatic rings. The van der Waals surface area contributed by atoms with Crippen molar-refractivity contribution < 1.29 is 0 Å². The molecular weight excluding hydrogens is 306 g/mol. The van der Waals surface area contributed by atoms with Crippen molar-refractivity contribution in [2.75, 3.05) is 7.05 Å². The summed E-state index contributed by atoms with van der Waals surface area (Å²) < 4.78 is 2.00. The van der Waals surface area contributed by atoms with Crippen molar-refractivity contribution in [2.24, 2.45) is 12.0 Å². The molecule has 0 fully saturated rings. The molecule has 0 bridgehead atoms. The van der Waals surface area contributed by atoms with Crippen LogP contribution in [-0.2, 0) is 33.0 Å². The van der Waals surface area contributed by atoms with Crippen LogP contribution in [0.15, 0.2) is 17.1 Å². The monoisotopic (exact) mass is 333 g/mol. The molecule has 23 heavy (non-hydrogen) atoms. The molecular formula is C17H27N5S. The molecule has 0 aromatic carbocycles. The first-order valence-corrected chi connectivity index (χ1v) is 8.94. The molecule has 0 unspecified atom stereocenters. The average Bonchev–Trinajstić information content (AvgIpc) is 3.10. The first kappa shape index (κ1) is 17.5. The first-order valence-electron chi connectivity index (χ1n) is 8.12. The van der Waals surface area contributed by atoms with Crippen molar-refractivity contribution in [1.29, 1.82) is 0 Å². The number of aliphatic imine (C=N–C) groups is 1. The molecule has 0 saturated heterocycles. The molecule has 2 rings (SSSR count). The summed E-state index contributed by atoms with van der Waals surface area (Å²) in [6, 6.07) is 4.31. The van der Waals surface area contributed by atoms with Gasteiger partial charge < -0.3 is 10.6 Å². The smallest absolute Gasteiger partial charge is 0.191 e. The summed E-state index contributed by atoms with van der Waals surface area (Å²) in [5.74, 6) is 0.823. The highest BCUT2D eigenvalue weighted by Crippen LogP contribution is 2.16. The van der Waals surface area contributed by atoms with Crippen LogP contribution >= 0.6 is 11.3 Å². The second-order valence-electron chi connectivity index (χ2n) is 5.49. The third kappa shape index (κ3) is 4.34. The van der Waals surface area contributed by atoms with Gasteiger partial charge in [-0.15, -0.1) is 11.3 Å². The van der Waals surface area contributed by atoms with Gasteiger partial charge in [0.2, 0.25) is 0 Å². The minimum atomic E-state index is 0.753. The predicted octanol–water partition coefficient (Wildman–Crippen LogP) is 2.78. The van der Waals surface area contributed by atoms with E-state index < -0.39 is 0 Å². The van der Waals surface area contributed by atoms with Crippen LogP contribution in [0.25, 0.3) is 0 Å². The van der Waals surface area contributed by atoms with E-state index in [0.717, 1.165) is 31.9 Å². The van der Waals surface area contributed by atoms with E-state index in [1.54, 1.807) is 7.05 Å². The minimum absolute atomic E-state index is 0.753. The van der Waals surface area contributed by atoms with E-state index in [1.165, 1.54) is 26.7 Å². The molecule has 2 N–H and O–H groups in total. The topological polar surface area (TPSA) is 54.2 Å². The van der Waals surface area contributed by atoms with Crippen molar-refractivity contribution in [1.82, 2.24) is 20.4 Å². The van der Waals surface area contributed by atoms with Gasteiger partial charge in [0, 0.05) is 41.7 Å². The number of hydrogen-bond donors (Lipinski definition) is 2. The second kappa shape index (κ2) is 8.15. The van der Waals surface area contributed by atoms with E-state index in [9.17, 15) is 0 Å². The third-order valence-corrected chi connectivity index (χ3v) is 4.91. The van der Waals surface area contributed by atoms with Gasteiger partial charge in [-0.1, -0.05) is 13.8 Å². The molecule has 0 aliphatic carbocycles. The average molecular weight is 334 g/mol. The summed E-state index contributed by atoms with van der Waals surface area (Å²) in [4.78, 5) is 6.96. The summed E-state index contributed by atoms with van der Waals surface area (Å²) in [5, 5.41) is 11.4. The van der Waals surface area contributed by atoms with Gasteiger partial charge >= 0.3 is 0 Å². The molecule has 0 aliphatic heterocycles. The standard InChI is InChI=1S/C17H27N5S/c1-6-15-14(16(7-2)22(5)21-15)11-20-17(18-4)19-10-13-9-8-12(3)23-13/h8-9H,6-7,10-11H2,1-5H3,(H2,18,19,20). The molecule has 0 amide bonds. The van der Waals surface area contributed by atoms with Crippen molar-refractivity contribution in [3.63, 3.8) is 0 Å². The summed E-state index contributed by atoms with van der Waals surface area (Å²) in [5.41, 5.74) is 3.76. The van der Waals surface area contributed by atoms with Crippen molar-refractivity contribution in [3.8, 4) is 0 Å². The van der Waals surface area contributed by atoms with Crippen LogP contribution < -0.4 is 10.6 Å². The highest BCUT2D eigenvalue weighted by molar-refractivity contribution is 7.11. The molecule has 5 nitrogen and oxygen atoms in total. The maximum atomic E-state index is 4.62. The van der Waals surface area contributed by atoms with Crippen LogP contribution in [0.2, 0.25) is 0 Å². The van der Waals surface area contributed by atoms with Gasteiger partial charge in [0.05, 0.1) is 12.2 Å². The van der Waals surface area contributed by atoms with Gasteiger partial charge in [-0.25, -0.2) is 0 Å². The SMILES string of the molecule is CCc1nn(C)c(CC)c1CNC(=NC)NCc1ccc(C)s1. The van der Waals surface area contributed by atoms with Crippen LogP contribution in [0.5, 0.6) is 0 Å². The van der Waals surface area contributed by atoms with E-state index in [-0.39, 0.29) is 0 Å². The van der Waals surface area contributed by atoms with E-state index in [4.69, 9.17) is 0 Å². The predicted molar refractivity (Wildman–Crippen MR) is 98.1 cm³/mol. The number of rotatable bonds is 6. The molecule has 2 aromatic heterocycles. The number of nitrogens with zero attached hydrogens (tertiary/aromatic N) is 3. The Morgan fingerprint density at radius 3 is 2.52 bits per heavy atom. The molecule has 126 valence electrons. The molecule has 0 radical (unpaired) electrons. The van der Waals surface area contributed by atoms with Gasteiger partial charge in [-0.2, -0.15) is 5.10 Å². The molecule has 0 atom stereocenters. The lowest BCUT2D eigenvalue weighted by atomic mass is 10.1. The van der Waals surface area contributed by atoms with Crippen LogP contribution in [0.1, 0.15) is 40.6 Å². The molecule has 0 spiro atoms. The zero-order valence-corrected chi connectivity index (χ0v) is 15.5. The lowest BCUT2D eigenvalue weighted by Gasteiger charge is -2.12. The fourth-order valence-electron chi connectivity index (χ4n) is 2.74. The lowest BCUT2D eigenvalue weighted by Crippen LogP contribution is -2.36. The molecule has 0 saturated carbocycles. The third-order valence-electron chi connectivity index (χ3n) is 3.91. The Hall–Kier alpha value is -1.82. The number of aryl methyl sites for hydroxylation is 3. The van der Waals surface area contributed by atoms with E-state index in [2.05, 4.69) is 53.6 Å². The van der Waals surface area contributed by atoms with Crippen molar-refractivity contribution in [2.45, 2.75) is 46.7 Å². The quantitative estimate of drug-likeness (QED) is 0.631. The number of hydrogen-bond acceptors (Lipinski definition) is 3. The Balaban J connectivity index is 1.98. The number of aromatic nitrogens is 2. The van der Waals surface area contributed by atoms with Gasteiger partial charge in [-0.3, -0.25) is 9.67 Å². The highest BCUT2D eigenvalue weighted by atomic mass is 32.1. The van der Waals surface area contributed by atoms with Gasteiger partial charge in [-0.05, 0) is 31.9 Å². The Kier molecular flexibility index (Phi) is 6.21. The first-order chi connectivity index (χ1) is 11.1. The van der Waals surface area contributed by atoms with Crippen LogP contribution in [-0.4, -0.2) is 22.8 Å². The Morgan fingerprint density at radius 1 is 1.22 bits per heavy atom. The summed E-state index contributed by atoms with van der Waals surface area (Å²) in [6.45, 7) is 8.00. The van der Waals surface area contributed by atoms with Gasteiger partial charge in [0.15, 0.2) is 5.96 Å². The fraction of sp³-hybridized carbons (Fsp3) is 0.529. The van der Waals surface area contributed by atoms with Crippen molar-refractivity contribution in [3.05, 3.63) is 38.8 Å². The lowest BCUT2D eigenvalue weighted by molar-refractivity contribution is 0.702. The van der Waals surface area contributed by atoms with Gasteiger partial charge in [0.1, 0.15) is 0 Å². The fourth-order valence-corrected chi connectivity index (χ4v) is 3.57. The second-order valence-corrected chi connectivity index (χ2v) is 6.87. The zero-order chi connectivity index (χ0) is 16.8. The molecule has 6 heteroatoms. The highest BCUT2D eigenvalue weighted by Gasteiger charge is 2.13. The maximum Gasteiger partial charge on any atom is 0.191 e. The number of thiophene rings is 1. The minimum Gasteiger partial charge on any atom is -0.352 e. The van der Waals surface area contributed by atoms with Crippen LogP contribution in [0.3, 0.4) is 0 Å². The zero-order valence-electron chi connectivity index (χ0n) is 14.7. The van der Waals surface area contributed by atoms with E-state index >= 15 is 0 Å². The van der Waals surface area contributed by atoms with E-state index in [1.807, 2.05) is 23.1 Å². The Morgan fingerprint density at radius 2 is 1.96 bits per heavy atom. The Labute approximate surface area is 142 Å². The number of nitrogens with one attached hydrogen (secondary N) is 2. The molecule has 2 aromatic rings. The molecule has 2 heterocycles. The Bertz CT molecular complexity index is 669. The normalized spacial score (nSPS) is 11.8. The largest absolute Gasteiger partial charge is 0.352 e. The summed E-state index contributed by atoms with van der Waals surface area (Å²) >= 11 is 1.81. The van der Waals surface area contributed by atoms with Crippen molar-refractivity contribution >= 4 is 17.3 Å². The van der Waals surface area contributed by atoms with Crippen LogP contribution in [0, 0.1) is 6.92 Å². The van der Waals surface area contributed by atoms with E-state index in [0.29, 0.717) is 0 Å². The van der Waals surface area contributed by atoms with Gasteiger partial charge in [0.25, 0.3) is 0 Å².